The van der Waals surface area contributed by atoms with Crippen molar-refractivity contribution < 1.29 is 18.7 Å². The van der Waals surface area contributed by atoms with E-state index in [4.69, 9.17) is 0 Å². The van der Waals surface area contributed by atoms with Crippen LogP contribution in [-0.2, 0) is 9.53 Å². The average Bonchev–Trinajstić information content (AvgIpc) is 2.37. The summed E-state index contributed by atoms with van der Waals surface area (Å²) in [6, 6.07) is 4.44. The normalized spacial score (nSPS) is 12.1. The number of rotatable bonds is 5. The van der Waals surface area contributed by atoms with E-state index in [2.05, 4.69) is 10.1 Å². The van der Waals surface area contributed by atoms with Gasteiger partial charge in [-0.15, -0.1) is 0 Å². The molecule has 0 unspecified atom stereocenters. The van der Waals surface area contributed by atoms with Crippen LogP contribution < -0.4 is 5.32 Å². The molecule has 0 saturated carbocycles. The summed E-state index contributed by atoms with van der Waals surface area (Å²) in [6.45, 7) is 3.89. The largest absolute Gasteiger partial charge is 0.467 e. The Hall–Kier alpha value is -1.91. The van der Waals surface area contributed by atoms with E-state index < -0.39 is 23.7 Å². The summed E-state index contributed by atoms with van der Waals surface area (Å²) in [4.78, 5) is 23.5. The quantitative estimate of drug-likeness (QED) is 0.832. The molecule has 0 spiro atoms. The molecule has 0 aliphatic heterocycles. The molecule has 1 aromatic carbocycles. The van der Waals surface area contributed by atoms with Crippen molar-refractivity contribution in [1.82, 2.24) is 5.32 Å². The maximum absolute atomic E-state index is 12.8. The third kappa shape index (κ3) is 4.69. The van der Waals surface area contributed by atoms with Crippen molar-refractivity contribution in [2.24, 2.45) is 5.92 Å². The second-order valence-corrected chi connectivity index (χ2v) is 4.69. The third-order valence-electron chi connectivity index (χ3n) is 2.60. The summed E-state index contributed by atoms with van der Waals surface area (Å²) in [5.41, 5.74) is 0.305. The lowest BCUT2D eigenvalue weighted by Gasteiger charge is -2.18. The van der Waals surface area contributed by atoms with Crippen LogP contribution in [0.25, 0.3) is 0 Å². The molecule has 0 aliphatic carbocycles. The Balaban J connectivity index is 2.75. The number of benzene rings is 1. The highest BCUT2D eigenvalue weighted by atomic mass is 19.1. The summed E-state index contributed by atoms with van der Waals surface area (Å²) >= 11 is 0. The van der Waals surface area contributed by atoms with Gasteiger partial charge in [0.05, 0.1) is 7.11 Å². The number of carbonyl (C=O) groups is 2. The van der Waals surface area contributed by atoms with Crippen LogP contribution in [0.5, 0.6) is 0 Å². The van der Waals surface area contributed by atoms with E-state index in [0.29, 0.717) is 12.0 Å². The van der Waals surface area contributed by atoms with Gasteiger partial charge in [0.1, 0.15) is 11.9 Å². The van der Waals surface area contributed by atoms with Crippen LogP contribution in [-0.4, -0.2) is 25.0 Å². The van der Waals surface area contributed by atoms with Gasteiger partial charge >= 0.3 is 5.97 Å². The fourth-order valence-electron chi connectivity index (χ4n) is 1.67. The molecule has 104 valence electrons. The van der Waals surface area contributed by atoms with Crippen molar-refractivity contribution in [2.45, 2.75) is 26.3 Å². The van der Waals surface area contributed by atoms with Crippen LogP contribution >= 0.6 is 0 Å². The first-order chi connectivity index (χ1) is 8.93. The van der Waals surface area contributed by atoms with Crippen molar-refractivity contribution in [1.29, 1.82) is 0 Å². The molecule has 4 nitrogen and oxygen atoms in total. The summed E-state index contributed by atoms with van der Waals surface area (Å²) in [7, 11) is 1.28. The Morgan fingerprint density at radius 2 is 1.84 bits per heavy atom. The molecule has 1 atom stereocenters. The zero-order valence-corrected chi connectivity index (χ0v) is 11.3. The molecule has 1 amide bonds. The lowest BCUT2D eigenvalue weighted by atomic mass is 10.0. The Labute approximate surface area is 112 Å². The van der Waals surface area contributed by atoms with Crippen LogP contribution in [0, 0.1) is 11.7 Å². The molecule has 0 aromatic heterocycles. The van der Waals surface area contributed by atoms with Crippen LogP contribution in [0.1, 0.15) is 30.6 Å². The fraction of sp³-hybridized carbons (Fsp3) is 0.429. The van der Waals surface area contributed by atoms with E-state index in [1.54, 1.807) is 0 Å². The summed E-state index contributed by atoms with van der Waals surface area (Å²) in [6.07, 6.45) is 0.486. The highest BCUT2D eigenvalue weighted by molar-refractivity contribution is 5.96. The Morgan fingerprint density at radius 3 is 2.32 bits per heavy atom. The van der Waals surface area contributed by atoms with Crippen molar-refractivity contribution >= 4 is 11.9 Å². The summed E-state index contributed by atoms with van der Waals surface area (Å²) < 4.78 is 17.4. The van der Waals surface area contributed by atoms with Crippen LogP contribution in [0.3, 0.4) is 0 Å². The highest BCUT2D eigenvalue weighted by Crippen LogP contribution is 2.08. The summed E-state index contributed by atoms with van der Waals surface area (Å²) in [5, 5.41) is 2.60. The Kier molecular flexibility index (Phi) is 5.48. The number of amides is 1. The van der Waals surface area contributed by atoms with Crippen molar-refractivity contribution in [3.8, 4) is 0 Å². The zero-order valence-electron chi connectivity index (χ0n) is 11.3. The topological polar surface area (TPSA) is 55.4 Å². The molecule has 0 saturated heterocycles. The molecule has 0 radical (unpaired) electrons. The van der Waals surface area contributed by atoms with Crippen LogP contribution in [0.2, 0.25) is 0 Å². The van der Waals surface area contributed by atoms with Gasteiger partial charge in [0, 0.05) is 5.56 Å². The third-order valence-corrected chi connectivity index (χ3v) is 2.60. The standard InChI is InChI=1S/C14H18FNO3/c1-9(2)8-12(14(18)19-3)16-13(17)10-4-6-11(15)7-5-10/h4-7,9,12H,8H2,1-3H3,(H,16,17)/t12-/m0/s1. The van der Waals surface area contributed by atoms with Crippen molar-refractivity contribution in [3.05, 3.63) is 35.6 Å². The predicted octanol–water partition coefficient (Wildman–Crippen LogP) is 2.14. The number of carbonyl (C=O) groups excluding carboxylic acids is 2. The Morgan fingerprint density at radius 1 is 1.26 bits per heavy atom. The minimum absolute atomic E-state index is 0.234. The SMILES string of the molecule is COC(=O)[C@H](CC(C)C)NC(=O)c1ccc(F)cc1. The first-order valence-electron chi connectivity index (χ1n) is 6.08. The Bertz CT molecular complexity index is 443. The van der Waals surface area contributed by atoms with E-state index in [-0.39, 0.29) is 5.92 Å². The second-order valence-electron chi connectivity index (χ2n) is 4.69. The van der Waals surface area contributed by atoms with Gasteiger partial charge in [-0.3, -0.25) is 4.79 Å². The molecular weight excluding hydrogens is 249 g/mol. The fourth-order valence-corrected chi connectivity index (χ4v) is 1.67. The van der Waals surface area contributed by atoms with E-state index in [0.717, 1.165) is 0 Å². The molecule has 0 heterocycles. The lowest BCUT2D eigenvalue weighted by Crippen LogP contribution is -2.42. The molecule has 1 rings (SSSR count). The number of ether oxygens (including phenoxy) is 1. The maximum Gasteiger partial charge on any atom is 0.328 e. The molecule has 19 heavy (non-hydrogen) atoms. The number of halogens is 1. The van der Waals surface area contributed by atoms with Gasteiger partial charge in [-0.1, -0.05) is 13.8 Å². The maximum atomic E-state index is 12.8. The molecule has 0 aliphatic rings. The highest BCUT2D eigenvalue weighted by Gasteiger charge is 2.23. The number of hydrogen-bond donors (Lipinski definition) is 1. The molecule has 0 fully saturated rings. The monoisotopic (exact) mass is 267 g/mol. The van der Waals surface area contributed by atoms with Gasteiger partial charge in [0.2, 0.25) is 0 Å². The van der Waals surface area contributed by atoms with Gasteiger partial charge in [-0.25, -0.2) is 9.18 Å². The van der Waals surface area contributed by atoms with E-state index in [1.807, 2.05) is 13.8 Å². The van der Waals surface area contributed by atoms with Gasteiger partial charge < -0.3 is 10.1 Å². The number of esters is 1. The number of hydrogen-bond acceptors (Lipinski definition) is 3. The zero-order chi connectivity index (χ0) is 14.4. The van der Waals surface area contributed by atoms with Crippen LogP contribution in [0.4, 0.5) is 4.39 Å². The predicted molar refractivity (Wildman–Crippen MR) is 69.1 cm³/mol. The van der Waals surface area contributed by atoms with E-state index >= 15 is 0 Å². The van der Waals surface area contributed by atoms with E-state index in [1.165, 1.54) is 31.4 Å². The molecule has 0 bridgehead atoms. The first kappa shape index (κ1) is 15.1. The minimum atomic E-state index is -0.692. The first-order valence-corrected chi connectivity index (χ1v) is 6.08. The van der Waals surface area contributed by atoms with Crippen molar-refractivity contribution in [3.63, 3.8) is 0 Å². The van der Waals surface area contributed by atoms with Gasteiger partial charge in [0.15, 0.2) is 0 Å². The number of methoxy groups -OCH3 is 1. The molecule has 1 N–H and O–H groups in total. The average molecular weight is 267 g/mol. The second kappa shape index (κ2) is 6.87. The smallest absolute Gasteiger partial charge is 0.328 e. The lowest BCUT2D eigenvalue weighted by molar-refractivity contribution is -0.143. The molecule has 5 heteroatoms. The van der Waals surface area contributed by atoms with Crippen molar-refractivity contribution in [2.75, 3.05) is 7.11 Å². The molecule has 1 aromatic rings. The number of nitrogens with one attached hydrogen (secondary N) is 1. The van der Waals surface area contributed by atoms with Crippen LogP contribution in [0.15, 0.2) is 24.3 Å². The molecular formula is C14H18FNO3. The minimum Gasteiger partial charge on any atom is -0.467 e. The van der Waals surface area contributed by atoms with E-state index in [9.17, 15) is 14.0 Å². The van der Waals surface area contributed by atoms with Gasteiger partial charge in [0.25, 0.3) is 5.91 Å². The van der Waals surface area contributed by atoms with Gasteiger partial charge in [-0.2, -0.15) is 0 Å². The summed E-state index contributed by atoms with van der Waals surface area (Å²) in [5.74, 6) is -1.08. The van der Waals surface area contributed by atoms with Gasteiger partial charge in [-0.05, 0) is 36.6 Å².